The average Bonchev–Trinajstić information content (AvgIpc) is 3.52. The number of anilines is 2. The number of ether oxygens (including phenoxy) is 3. The molecule has 1 aromatic heterocycles. The Morgan fingerprint density at radius 2 is 1.58 bits per heavy atom. The molecule has 45 heavy (non-hydrogen) atoms. The number of aromatic amines is 1. The lowest BCUT2D eigenvalue weighted by Crippen LogP contribution is -2.57. The van der Waals surface area contributed by atoms with Crippen molar-refractivity contribution in [3.63, 3.8) is 0 Å². The first kappa shape index (κ1) is 32.1. The fourth-order valence-corrected chi connectivity index (χ4v) is 5.98. The molecule has 9 nitrogen and oxygen atoms in total. The molecule has 2 atom stereocenters. The Kier molecular flexibility index (Phi) is 11.1. The summed E-state index contributed by atoms with van der Waals surface area (Å²) in [4.78, 5) is 18.0. The Bertz CT molecular complexity index is 1470. The second-order valence-electron chi connectivity index (χ2n) is 11.7. The van der Waals surface area contributed by atoms with E-state index in [9.17, 15) is 4.79 Å². The number of amides is 1. The van der Waals surface area contributed by atoms with E-state index in [0.717, 1.165) is 73.9 Å². The van der Waals surface area contributed by atoms with Crippen LogP contribution in [0.3, 0.4) is 0 Å². The van der Waals surface area contributed by atoms with E-state index in [1.807, 2.05) is 66.7 Å². The monoisotopic (exact) mass is 611 g/mol. The minimum Gasteiger partial charge on any atom is -0.497 e. The van der Waals surface area contributed by atoms with Crippen LogP contribution in [0.4, 0.5) is 11.5 Å². The maximum Gasteiger partial charge on any atom is 0.256 e. The summed E-state index contributed by atoms with van der Waals surface area (Å²) >= 11 is 0. The van der Waals surface area contributed by atoms with Crippen LogP contribution in [0.2, 0.25) is 0 Å². The largest absolute Gasteiger partial charge is 0.497 e. The highest BCUT2D eigenvalue weighted by Crippen LogP contribution is 2.25. The van der Waals surface area contributed by atoms with Crippen LogP contribution < -0.4 is 19.7 Å². The molecule has 1 aliphatic rings. The fraction of sp³-hybridized carbons (Fsp3) is 0.389. The lowest BCUT2D eigenvalue weighted by atomic mass is 10.1. The smallest absolute Gasteiger partial charge is 0.256 e. The van der Waals surface area contributed by atoms with Gasteiger partial charge in [0.15, 0.2) is 5.82 Å². The maximum atomic E-state index is 13.0. The number of H-pyrrole nitrogens is 1. The topological polar surface area (TPSA) is 92.0 Å². The molecule has 0 aliphatic carbocycles. The van der Waals surface area contributed by atoms with Crippen molar-refractivity contribution < 1.29 is 19.0 Å². The van der Waals surface area contributed by atoms with E-state index >= 15 is 0 Å². The van der Waals surface area contributed by atoms with Crippen molar-refractivity contribution in [2.45, 2.75) is 51.8 Å². The predicted octanol–water partition coefficient (Wildman–Crippen LogP) is 5.97. The molecule has 5 rings (SSSR count). The van der Waals surface area contributed by atoms with Gasteiger partial charge in [0.2, 0.25) is 0 Å². The van der Waals surface area contributed by atoms with Crippen LogP contribution in [-0.2, 0) is 24.2 Å². The summed E-state index contributed by atoms with van der Waals surface area (Å²) in [7, 11) is 3.29. The molecule has 2 N–H and O–H groups in total. The van der Waals surface area contributed by atoms with Gasteiger partial charge in [0.25, 0.3) is 5.91 Å². The standard InChI is InChI=1S/C36H45N5O4/c1-26-23-40(24-27(2)41(26)17-8-18-45-25-28-9-6-5-7-10-28)32-15-12-30(13-16-32)36(42)37-35-21-31(38-39-35)14-11-29-19-33(43-3)22-34(20-29)44-4/h5-7,9-10,12-13,15-16,19-22,26-27H,8,11,14,17-18,23-25H2,1-4H3,(H2,37,38,39,42)/t26-,27+. The molecule has 0 unspecified atom stereocenters. The molecule has 2 heterocycles. The van der Waals surface area contributed by atoms with E-state index in [4.69, 9.17) is 14.2 Å². The Hall–Kier alpha value is -4.34. The molecule has 238 valence electrons. The van der Waals surface area contributed by atoms with Gasteiger partial charge in [-0.3, -0.25) is 14.8 Å². The lowest BCUT2D eigenvalue weighted by Gasteiger charge is -2.45. The molecule has 0 spiro atoms. The molecule has 1 aliphatic heterocycles. The highest BCUT2D eigenvalue weighted by Gasteiger charge is 2.29. The van der Waals surface area contributed by atoms with Crippen LogP contribution in [0.5, 0.6) is 11.5 Å². The van der Waals surface area contributed by atoms with Crippen LogP contribution in [0.15, 0.2) is 78.9 Å². The normalized spacial score (nSPS) is 16.8. The molecule has 1 fully saturated rings. The van der Waals surface area contributed by atoms with Gasteiger partial charge < -0.3 is 24.4 Å². The van der Waals surface area contributed by atoms with Crippen molar-refractivity contribution in [3.8, 4) is 11.5 Å². The van der Waals surface area contributed by atoms with Crippen molar-refractivity contribution in [1.29, 1.82) is 0 Å². The number of aromatic nitrogens is 2. The van der Waals surface area contributed by atoms with Gasteiger partial charge in [-0.1, -0.05) is 30.3 Å². The Morgan fingerprint density at radius 3 is 2.24 bits per heavy atom. The number of methoxy groups -OCH3 is 2. The summed E-state index contributed by atoms with van der Waals surface area (Å²) in [6, 6.07) is 26.7. The van der Waals surface area contributed by atoms with E-state index in [-0.39, 0.29) is 5.91 Å². The van der Waals surface area contributed by atoms with Crippen LogP contribution in [0.1, 0.15) is 47.4 Å². The average molecular weight is 612 g/mol. The lowest BCUT2D eigenvalue weighted by molar-refractivity contribution is 0.0843. The van der Waals surface area contributed by atoms with Gasteiger partial charge >= 0.3 is 0 Å². The maximum absolute atomic E-state index is 13.0. The third-order valence-electron chi connectivity index (χ3n) is 8.38. The fourth-order valence-electron chi connectivity index (χ4n) is 5.98. The van der Waals surface area contributed by atoms with Crippen LogP contribution in [0.25, 0.3) is 0 Å². The van der Waals surface area contributed by atoms with Gasteiger partial charge in [-0.2, -0.15) is 5.10 Å². The van der Waals surface area contributed by atoms with Crippen molar-refractivity contribution in [2.75, 3.05) is 50.7 Å². The predicted molar refractivity (Wildman–Crippen MR) is 178 cm³/mol. The minimum absolute atomic E-state index is 0.182. The van der Waals surface area contributed by atoms with Gasteiger partial charge in [0.05, 0.1) is 20.8 Å². The van der Waals surface area contributed by atoms with Gasteiger partial charge in [-0.25, -0.2) is 0 Å². The molecule has 3 aromatic carbocycles. The molecule has 1 amide bonds. The highest BCUT2D eigenvalue weighted by molar-refractivity contribution is 6.03. The Balaban J connectivity index is 1.07. The first-order valence-electron chi connectivity index (χ1n) is 15.7. The number of nitrogens with one attached hydrogen (secondary N) is 2. The van der Waals surface area contributed by atoms with Crippen LogP contribution in [0, 0.1) is 0 Å². The van der Waals surface area contributed by atoms with Gasteiger partial charge in [0, 0.05) is 67.4 Å². The number of nitrogens with zero attached hydrogens (tertiary/aromatic N) is 3. The van der Waals surface area contributed by atoms with E-state index in [1.165, 1.54) is 5.56 Å². The zero-order chi connectivity index (χ0) is 31.6. The highest BCUT2D eigenvalue weighted by atomic mass is 16.5. The molecule has 4 aromatic rings. The molecular weight excluding hydrogens is 566 g/mol. The summed E-state index contributed by atoms with van der Waals surface area (Å²) in [5.74, 6) is 1.84. The number of carbonyl (C=O) groups excluding carboxylic acids is 1. The van der Waals surface area contributed by atoms with Gasteiger partial charge in [-0.05, 0) is 80.6 Å². The van der Waals surface area contributed by atoms with Gasteiger partial charge in [0.1, 0.15) is 11.5 Å². The Labute approximate surface area is 266 Å². The number of carbonyl (C=O) groups is 1. The molecule has 1 saturated heterocycles. The third-order valence-corrected chi connectivity index (χ3v) is 8.38. The summed E-state index contributed by atoms with van der Waals surface area (Å²) < 4.78 is 16.6. The van der Waals surface area contributed by atoms with Crippen molar-refractivity contribution in [3.05, 3.63) is 101 Å². The minimum atomic E-state index is -0.182. The zero-order valence-electron chi connectivity index (χ0n) is 26.8. The number of benzene rings is 3. The summed E-state index contributed by atoms with van der Waals surface area (Å²) in [6.07, 6.45) is 2.53. The third kappa shape index (κ3) is 8.86. The zero-order valence-corrected chi connectivity index (χ0v) is 26.8. The van der Waals surface area contributed by atoms with E-state index in [2.05, 4.69) is 51.3 Å². The Morgan fingerprint density at radius 1 is 0.889 bits per heavy atom. The van der Waals surface area contributed by atoms with E-state index in [1.54, 1.807) is 14.2 Å². The quantitative estimate of drug-likeness (QED) is 0.170. The first-order valence-corrected chi connectivity index (χ1v) is 15.7. The van der Waals surface area contributed by atoms with Gasteiger partial charge in [-0.15, -0.1) is 0 Å². The number of rotatable bonds is 14. The SMILES string of the molecule is COc1cc(CCc2cc(NC(=O)c3ccc(N4C[C@@H](C)N(CCCOCc5ccccc5)[C@@H](C)C4)cc3)n[nH]2)cc(OC)c1. The van der Waals surface area contributed by atoms with Crippen LogP contribution in [-0.4, -0.2) is 73.5 Å². The first-order chi connectivity index (χ1) is 21.9. The number of aryl methyl sites for hydroxylation is 2. The summed E-state index contributed by atoms with van der Waals surface area (Å²) in [6.45, 7) is 8.92. The number of piperazine rings is 1. The molecular formula is C36H45N5O4. The molecule has 0 radical (unpaired) electrons. The molecule has 0 saturated carbocycles. The van der Waals surface area contributed by atoms with Crippen LogP contribution >= 0.6 is 0 Å². The van der Waals surface area contributed by atoms with Crippen molar-refractivity contribution >= 4 is 17.4 Å². The summed E-state index contributed by atoms with van der Waals surface area (Å²) in [5.41, 5.74) is 4.98. The van der Waals surface area contributed by atoms with E-state index < -0.39 is 0 Å². The molecule has 0 bridgehead atoms. The second kappa shape index (κ2) is 15.6. The molecule has 9 heteroatoms. The van der Waals surface area contributed by atoms with Crippen molar-refractivity contribution in [1.82, 2.24) is 15.1 Å². The summed E-state index contributed by atoms with van der Waals surface area (Å²) in [5, 5.41) is 10.2. The second-order valence-corrected chi connectivity index (χ2v) is 11.7. The van der Waals surface area contributed by atoms with Crippen molar-refractivity contribution in [2.24, 2.45) is 0 Å². The number of hydrogen-bond donors (Lipinski definition) is 2. The number of hydrogen-bond acceptors (Lipinski definition) is 7. The van der Waals surface area contributed by atoms with E-state index in [0.29, 0.717) is 30.1 Å².